The maximum atomic E-state index is 11.3. The molecule has 0 bridgehead atoms. The van der Waals surface area contributed by atoms with Crippen LogP contribution in [-0.4, -0.2) is 15.9 Å². The van der Waals surface area contributed by atoms with E-state index in [4.69, 9.17) is 5.26 Å². The zero-order valence-corrected chi connectivity index (χ0v) is 9.45. The number of hydrogen-bond acceptors (Lipinski definition) is 3. The zero-order valence-electron chi connectivity index (χ0n) is 9.45. The molecule has 1 aromatic heterocycles. The van der Waals surface area contributed by atoms with Gasteiger partial charge in [-0.1, -0.05) is 6.92 Å². The van der Waals surface area contributed by atoms with Gasteiger partial charge in [-0.3, -0.25) is 4.79 Å². The topological polar surface area (TPSA) is 81.6 Å². The third kappa shape index (κ3) is 2.42. The Balaban J connectivity index is 2.25. The van der Waals surface area contributed by atoms with Crippen LogP contribution in [0.25, 0.3) is 11.0 Å². The Morgan fingerprint density at radius 3 is 3.12 bits per heavy atom. The normalized spacial score (nSPS) is 10.1. The number of carbonyl (C=O) groups is 1. The summed E-state index contributed by atoms with van der Waals surface area (Å²) in [6, 6.07) is 7.24. The molecule has 17 heavy (non-hydrogen) atoms. The molecule has 2 N–H and O–H groups in total. The number of imidazole rings is 1. The first-order valence-electron chi connectivity index (χ1n) is 5.38. The number of aromatic nitrogens is 2. The zero-order chi connectivity index (χ0) is 12.3. The average molecular weight is 228 g/mol. The van der Waals surface area contributed by atoms with Crippen LogP contribution in [-0.2, 0) is 11.2 Å². The van der Waals surface area contributed by atoms with Crippen molar-refractivity contribution in [2.45, 2.75) is 19.8 Å². The van der Waals surface area contributed by atoms with Crippen LogP contribution in [0.3, 0.4) is 0 Å². The van der Waals surface area contributed by atoms with Gasteiger partial charge >= 0.3 is 0 Å². The first-order chi connectivity index (χ1) is 8.22. The predicted octanol–water partition coefficient (Wildman–Crippen LogP) is 1.98. The van der Waals surface area contributed by atoms with Crippen molar-refractivity contribution in [3.8, 4) is 6.07 Å². The summed E-state index contributed by atoms with van der Waals surface area (Å²) in [5, 5.41) is 11.0. The molecule has 0 fully saturated rings. The fraction of sp³-hybridized carbons (Fsp3) is 0.250. The van der Waals surface area contributed by atoms with Crippen LogP contribution in [0.1, 0.15) is 19.2 Å². The van der Waals surface area contributed by atoms with Crippen LogP contribution in [0.2, 0.25) is 0 Å². The van der Waals surface area contributed by atoms with Gasteiger partial charge in [0.15, 0.2) is 0 Å². The number of aryl methyl sites for hydroxylation is 1. The average Bonchev–Trinajstić information content (AvgIpc) is 2.71. The van der Waals surface area contributed by atoms with E-state index >= 15 is 0 Å². The van der Waals surface area contributed by atoms with E-state index in [0.29, 0.717) is 5.69 Å². The number of aromatic amines is 1. The van der Waals surface area contributed by atoms with Crippen LogP contribution in [0.5, 0.6) is 0 Å². The van der Waals surface area contributed by atoms with E-state index in [9.17, 15) is 4.79 Å². The Bertz CT molecular complexity index is 594. The highest BCUT2D eigenvalue weighted by Crippen LogP contribution is 2.17. The molecule has 1 heterocycles. The van der Waals surface area contributed by atoms with Crippen LogP contribution >= 0.6 is 0 Å². The molecule has 0 aliphatic heterocycles. The van der Waals surface area contributed by atoms with Gasteiger partial charge in [-0.2, -0.15) is 5.26 Å². The Morgan fingerprint density at radius 1 is 1.59 bits per heavy atom. The van der Waals surface area contributed by atoms with Gasteiger partial charge in [0.25, 0.3) is 0 Å². The van der Waals surface area contributed by atoms with E-state index in [-0.39, 0.29) is 12.3 Å². The monoisotopic (exact) mass is 228 g/mol. The van der Waals surface area contributed by atoms with Gasteiger partial charge in [0.05, 0.1) is 17.1 Å². The minimum absolute atomic E-state index is 0.138. The minimum Gasteiger partial charge on any atom is -0.342 e. The van der Waals surface area contributed by atoms with Gasteiger partial charge in [0.1, 0.15) is 12.2 Å². The Morgan fingerprint density at radius 2 is 2.41 bits per heavy atom. The summed E-state index contributed by atoms with van der Waals surface area (Å²) in [7, 11) is 0. The molecule has 2 rings (SSSR count). The lowest BCUT2D eigenvalue weighted by Gasteiger charge is -2.01. The van der Waals surface area contributed by atoms with E-state index in [2.05, 4.69) is 15.3 Å². The van der Waals surface area contributed by atoms with Crippen molar-refractivity contribution >= 4 is 22.6 Å². The number of anilines is 1. The largest absolute Gasteiger partial charge is 0.342 e. The molecule has 5 heteroatoms. The quantitative estimate of drug-likeness (QED) is 0.842. The van der Waals surface area contributed by atoms with Crippen molar-refractivity contribution < 1.29 is 4.79 Å². The summed E-state index contributed by atoms with van der Waals surface area (Å²) in [6.07, 6.45) is 0.700. The van der Waals surface area contributed by atoms with E-state index in [1.54, 1.807) is 12.1 Å². The number of nitrogens with one attached hydrogen (secondary N) is 2. The molecule has 0 spiro atoms. The van der Waals surface area contributed by atoms with E-state index in [1.165, 1.54) is 0 Å². The van der Waals surface area contributed by atoms with Crippen molar-refractivity contribution in [1.82, 2.24) is 9.97 Å². The Hall–Kier alpha value is -2.35. The second-order valence-electron chi connectivity index (χ2n) is 3.65. The second kappa shape index (κ2) is 4.66. The number of amides is 1. The van der Waals surface area contributed by atoms with E-state index < -0.39 is 0 Å². The molecular formula is C12H12N4O. The van der Waals surface area contributed by atoms with Gasteiger partial charge in [-0.05, 0) is 18.2 Å². The van der Waals surface area contributed by atoms with Crippen LogP contribution < -0.4 is 5.32 Å². The highest BCUT2D eigenvalue weighted by atomic mass is 16.1. The molecule has 0 radical (unpaired) electrons. The molecule has 0 atom stereocenters. The molecule has 1 amide bonds. The second-order valence-corrected chi connectivity index (χ2v) is 3.65. The number of carbonyl (C=O) groups excluding carboxylic acids is 1. The van der Waals surface area contributed by atoms with Crippen molar-refractivity contribution in [3.05, 3.63) is 24.0 Å². The highest BCUT2D eigenvalue weighted by Gasteiger charge is 2.04. The number of fused-ring (bicyclic) bond motifs is 1. The lowest BCUT2D eigenvalue weighted by Crippen LogP contribution is -2.09. The SMILES string of the molecule is CCc1nc2ccc(NC(=O)CC#N)cc2[nH]1. The van der Waals surface area contributed by atoms with Gasteiger partial charge in [0.2, 0.25) is 5.91 Å². The maximum absolute atomic E-state index is 11.3. The van der Waals surface area contributed by atoms with Crippen molar-refractivity contribution in [2.24, 2.45) is 0 Å². The highest BCUT2D eigenvalue weighted by molar-refractivity contribution is 5.94. The summed E-state index contributed by atoms with van der Waals surface area (Å²) < 4.78 is 0. The molecule has 5 nitrogen and oxygen atoms in total. The number of nitrogens with zero attached hydrogens (tertiary/aromatic N) is 2. The molecule has 0 saturated heterocycles. The molecule has 86 valence electrons. The number of nitriles is 1. The van der Waals surface area contributed by atoms with Crippen LogP contribution in [0.15, 0.2) is 18.2 Å². The van der Waals surface area contributed by atoms with Crippen LogP contribution in [0.4, 0.5) is 5.69 Å². The number of H-pyrrole nitrogens is 1. The fourth-order valence-electron chi connectivity index (χ4n) is 1.58. The predicted molar refractivity (Wildman–Crippen MR) is 64.3 cm³/mol. The van der Waals surface area contributed by atoms with Crippen molar-refractivity contribution in [3.63, 3.8) is 0 Å². The summed E-state index contributed by atoms with van der Waals surface area (Å²) in [5.41, 5.74) is 2.43. The number of hydrogen-bond donors (Lipinski definition) is 2. The Kier molecular flexibility index (Phi) is 3.06. The summed E-state index contributed by atoms with van der Waals surface area (Å²) >= 11 is 0. The Labute approximate surface area is 98.5 Å². The minimum atomic E-state index is -0.304. The summed E-state index contributed by atoms with van der Waals surface area (Å²) in [6.45, 7) is 2.02. The smallest absolute Gasteiger partial charge is 0.238 e. The number of benzene rings is 1. The molecule has 0 unspecified atom stereocenters. The van der Waals surface area contributed by atoms with Crippen molar-refractivity contribution in [1.29, 1.82) is 5.26 Å². The fourth-order valence-corrected chi connectivity index (χ4v) is 1.58. The molecule has 0 aliphatic carbocycles. The summed E-state index contributed by atoms with van der Waals surface area (Å²) in [4.78, 5) is 18.8. The molecular weight excluding hydrogens is 216 g/mol. The lowest BCUT2D eigenvalue weighted by molar-refractivity contribution is -0.115. The van der Waals surface area contributed by atoms with Gasteiger partial charge in [-0.25, -0.2) is 4.98 Å². The third-order valence-corrected chi connectivity index (χ3v) is 2.39. The first-order valence-corrected chi connectivity index (χ1v) is 5.38. The first kappa shape index (κ1) is 11.1. The maximum Gasteiger partial charge on any atom is 0.238 e. The molecule has 0 saturated carbocycles. The lowest BCUT2D eigenvalue weighted by atomic mass is 10.2. The standard InChI is InChI=1S/C12H12N4O/c1-2-11-15-9-4-3-8(7-10(9)16-11)14-12(17)5-6-13/h3-4,7H,2,5H2,1H3,(H,14,17)(H,15,16). The van der Waals surface area contributed by atoms with Gasteiger partial charge in [0, 0.05) is 12.1 Å². The number of rotatable bonds is 3. The third-order valence-electron chi connectivity index (χ3n) is 2.39. The van der Waals surface area contributed by atoms with Crippen molar-refractivity contribution in [2.75, 3.05) is 5.32 Å². The molecule has 1 aromatic carbocycles. The van der Waals surface area contributed by atoms with Gasteiger partial charge in [-0.15, -0.1) is 0 Å². The van der Waals surface area contributed by atoms with Gasteiger partial charge < -0.3 is 10.3 Å². The van der Waals surface area contributed by atoms with E-state index in [1.807, 2.05) is 19.1 Å². The van der Waals surface area contributed by atoms with E-state index in [0.717, 1.165) is 23.3 Å². The summed E-state index contributed by atoms with van der Waals surface area (Å²) in [5.74, 6) is 0.614. The molecule has 2 aromatic rings. The van der Waals surface area contributed by atoms with Crippen LogP contribution in [0, 0.1) is 11.3 Å². The molecule has 0 aliphatic rings.